The minimum absolute atomic E-state index is 0.0305. The zero-order valence-corrected chi connectivity index (χ0v) is 29.9. The van der Waals surface area contributed by atoms with Crippen molar-refractivity contribution in [3.8, 4) is 0 Å². The highest BCUT2D eigenvalue weighted by atomic mass is 16.8. The van der Waals surface area contributed by atoms with Gasteiger partial charge in [0.05, 0.1) is 63.9 Å². The maximum Gasteiger partial charge on any atom is 0.337 e. The minimum atomic E-state index is -1.87. The van der Waals surface area contributed by atoms with Gasteiger partial charge in [0.1, 0.15) is 62.0 Å². The van der Waals surface area contributed by atoms with Crippen LogP contribution in [0, 0.1) is 11.8 Å². The maximum atomic E-state index is 13.4. The number of ether oxygens (including phenoxy) is 10. The standard InChI is InChI=1S/C34H44O22/c1-47-29(45)17-11-51-31(55-33-27(43)25(41)23(39)19(9-35)53-33)13-3-5-50-22(38)8-16-14(4-6-49-21(37)7-15(13)17)32(52-12-18(16)30(46)48-2)56-34-28(44)26(42)24(40)20(10-36)54-34/h3-4,11-12,15-16,19-20,23-28,31-36,39-44H,5-10H2,1-2H3/b13-3-,14-4-/t15?,16?,19-,20-,23-,24-,25+,26+,27-,28-,31?,32?,33+,34+/m1/s1. The number of hydrogen-bond acceptors (Lipinski definition) is 22. The Morgan fingerprint density at radius 1 is 0.625 bits per heavy atom. The van der Waals surface area contributed by atoms with Crippen molar-refractivity contribution in [2.24, 2.45) is 11.8 Å². The van der Waals surface area contributed by atoms with Crippen molar-refractivity contribution in [2.75, 3.05) is 40.6 Å². The minimum Gasteiger partial charge on any atom is -0.468 e. The Morgan fingerprint density at radius 2 is 1.00 bits per heavy atom. The molecule has 5 aliphatic rings. The second kappa shape index (κ2) is 18.9. The second-order valence-corrected chi connectivity index (χ2v) is 13.0. The molecule has 8 N–H and O–H groups in total. The molecule has 0 radical (unpaired) electrons. The van der Waals surface area contributed by atoms with E-state index in [4.69, 9.17) is 47.4 Å². The number of carbonyl (C=O) groups is 4. The van der Waals surface area contributed by atoms with Crippen LogP contribution in [0.25, 0.3) is 0 Å². The number of carbonyl (C=O) groups excluding carboxylic acids is 4. The van der Waals surface area contributed by atoms with Crippen LogP contribution in [-0.4, -0.2) is 179 Å². The van der Waals surface area contributed by atoms with E-state index in [0.29, 0.717) is 0 Å². The van der Waals surface area contributed by atoms with Crippen molar-refractivity contribution in [1.29, 1.82) is 0 Å². The summed E-state index contributed by atoms with van der Waals surface area (Å²) in [6.45, 7) is -2.69. The molecule has 56 heavy (non-hydrogen) atoms. The largest absolute Gasteiger partial charge is 0.468 e. The average molecular weight is 805 g/mol. The van der Waals surface area contributed by atoms with Crippen molar-refractivity contribution >= 4 is 23.9 Å². The molecule has 0 saturated carbocycles. The number of rotatable bonds is 8. The van der Waals surface area contributed by atoms with Crippen LogP contribution in [-0.2, 0) is 66.5 Å². The van der Waals surface area contributed by atoms with E-state index in [2.05, 4.69) is 0 Å². The Bertz CT molecular complexity index is 1450. The van der Waals surface area contributed by atoms with Gasteiger partial charge in [0, 0.05) is 23.0 Å². The predicted molar refractivity (Wildman–Crippen MR) is 174 cm³/mol. The Kier molecular flexibility index (Phi) is 14.6. The average Bonchev–Trinajstić information content (AvgIpc) is 3.19. The molecule has 2 fully saturated rings. The Labute approximate surface area is 317 Å². The van der Waals surface area contributed by atoms with Crippen LogP contribution in [0.3, 0.4) is 0 Å². The number of fused-ring (bicyclic) bond motifs is 2. The van der Waals surface area contributed by atoms with Gasteiger partial charge in [-0.2, -0.15) is 0 Å². The van der Waals surface area contributed by atoms with Crippen LogP contribution in [0.15, 0.2) is 47.0 Å². The SMILES string of the molecule is COC(=O)C1=COC(O[C@@H]2O[C@H](CO)[C@@H](O)[C@H](O)[C@H]2O)/C2=C\COC(=O)CC3C(C(=O)OC)=COC(O[C@@H]4O[C@H](CO)[C@@H](O)[C@H](O)[C@H]4O)/C3=C\COC(=O)CC12. The molecule has 22 nitrogen and oxygen atoms in total. The van der Waals surface area contributed by atoms with E-state index in [1.54, 1.807) is 0 Å². The lowest BCUT2D eigenvalue weighted by Crippen LogP contribution is -2.60. The van der Waals surface area contributed by atoms with Crippen LogP contribution >= 0.6 is 0 Å². The zero-order chi connectivity index (χ0) is 40.8. The summed E-state index contributed by atoms with van der Waals surface area (Å²) in [4.78, 5) is 52.6. The van der Waals surface area contributed by atoms with Crippen LogP contribution in [0.2, 0.25) is 0 Å². The number of aliphatic hydroxyl groups is 8. The summed E-state index contributed by atoms with van der Waals surface area (Å²) in [6, 6.07) is 0. The highest BCUT2D eigenvalue weighted by Gasteiger charge is 2.49. The Morgan fingerprint density at radius 3 is 1.34 bits per heavy atom. The quantitative estimate of drug-likeness (QED) is 0.0650. The lowest BCUT2D eigenvalue weighted by atomic mass is 9.85. The van der Waals surface area contributed by atoms with Crippen molar-refractivity contribution in [1.82, 2.24) is 0 Å². The van der Waals surface area contributed by atoms with Gasteiger partial charge in [-0.25, -0.2) is 9.59 Å². The van der Waals surface area contributed by atoms with Gasteiger partial charge in [0.15, 0.2) is 12.6 Å². The Balaban J connectivity index is 1.46. The molecule has 0 aromatic heterocycles. The predicted octanol–water partition coefficient (Wildman–Crippen LogP) is -4.59. The van der Waals surface area contributed by atoms with E-state index in [1.807, 2.05) is 0 Å². The molecule has 0 aromatic carbocycles. The lowest BCUT2D eigenvalue weighted by Gasteiger charge is -2.42. The molecular weight excluding hydrogens is 760 g/mol. The van der Waals surface area contributed by atoms with Crippen molar-refractivity contribution in [3.63, 3.8) is 0 Å². The molecule has 0 aromatic rings. The molecule has 14 atom stereocenters. The van der Waals surface area contributed by atoms with E-state index >= 15 is 0 Å². The molecule has 5 aliphatic heterocycles. The summed E-state index contributed by atoms with van der Waals surface area (Å²) < 4.78 is 54.3. The van der Waals surface area contributed by atoms with Gasteiger partial charge >= 0.3 is 23.9 Å². The lowest BCUT2D eigenvalue weighted by molar-refractivity contribution is -0.328. The van der Waals surface area contributed by atoms with Crippen molar-refractivity contribution < 1.29 is 107 Å². The van der Waals surface area contributed by atoms with E-state index in [0.717, 1.165) is 26.7 Å². The third-order valence-corrected chi connectivity index (χ3v) is 9.66. The molecule has 2 saturated heterocycles. The van der Waals surface area contributed by atoms with Crippen molar-refractivity contribution in [3.05, 3.63) is 47.0 Å². The van der Waals surface area contributed by atoms with E-state index in [1.165, 1.54) is 12.2 Å². The molecule has 0 amide bonds. The zero-order valence-electron chi connectivity index (χ0n) is 29.9. The molecule has 0 spiro atoms. The number of hydrogen-bond donors (Lipinski definition) is 8. The fraction of sp³-hybridized carbons (Fsp3) is 0.647. The van der Waals surface area contributed by atoms with Crippen LogP contribution in [0.1, 0.15) is 12.8 Å². The van der Waals surface area contributed by atoms with Gasteiger partial charge in [-0.3, -0.25) is 9.59 Å². The summed E-state index contributed by atoms with van der Waals surface area (Å²) in [7, 11) is 2.14. The smallest absolute Gasteiger partial charge is 0.337 e. The molecular formula is C34H44O22. The van der Waals surface area contributed by atoms with Crippen LogP contribution < -0.4 is 0 Å². The number of aliphatic hydroxyl groups excluding tert-OH is 8. The number of methoxy groups -OCH3 is 2. The molecule has 5 rings (SSSR count). The number of cyclic esters (lactones) is 2. The normalized spacial score (nSPS) is 40.0. The fourth-order valence-electron chi connectivity index (χ4n) is 6.57. The summed E-state index contributed by atoms with van der Waals surface area (Å²) in [5, 5.41) is 81.4. The fourth-order valence-corrected chi connectivity index (χ4v) is 6.57. The van der Waals surface area contributed by atoms with Crippen LogP contribution in [0.4, 0.5) is 0 Å². The molecule has 0 bridgehead atoms. The topological polar surface area (TPSA) is 322 Å². The van der Waals surface area contributed by atoms with Crippen LogP contribution in [0.5, 0.6) is 0 Å². The highest BCUT2D eigenvalue weighted by Crippen LogP contribution is 2.39. The highest BCUT2D eigenvalue weighted by molar-refractivity contribution is 5.91. The summed E-state index contributed by atoms with van der Waals surface area (Å²) in [5.41, 5.74) is -0.473. The molecule has 0 aliphatic carbocycles. The first kappa shape index (κ1) is 43.1. The first-order valence-electron chi connectivity index (χ1n) is 17.2. The van der Waals surface area contributed by atoms with Gasteiger partial charge in [0.2, 0.25) is 12.6 Å². The monoisotopic (exact) mass is 804 g/mol. The van der Waals surface area contributed by atoms with Gasteiger partial charge in [0.25, 0.3) is 0 Å². The molecule has 5 heterocycles. The van der Waals surface area contributed by atoms with E-state index in [9.17, 15) is 60.0 Å². The maximum absolute atomic E-state index is 13.4. The third kappa shape index (κ3) is 9.22. The summed E-state index contributed by atoms with van der Waals surface area (Å²) in [6.07, 6.45) is -17.0. The van der Waals surface area contributed by atoms with E-state index < -0.39 is 149 Å². The Hall–Kier alpha value is -4.04. The van der Waals surface area contributed by atoms with E-state index in [-0.39, 0.29) is 22.3 Å². The number of esters is 4. The molecule has 4 unspecified atom stereocenters. The summed E-state index contributed by atoms with van der Waals surface area (Å²) >= 11 is 0. The van der Waals surface area contributed by atoms with Crippen molar-refractivity contribution in [2.45, 2.75) is 86.8 Å². The van der Waals surface area contributed by atoms with Gasteiger partial charge in [-0.05, 0) is 12.2 Å². The molecule has 312 valence electrons. The second-order valence-electron chi connectivity index (χ2n) is 13.0. The first-order valence-corrected chi connectivity index (χ1v) is 17.2. The van der Waals surface area contributed by atoms with Gasteiger partial charge < -0.3 is 88.2 Å². The van der Waals surface area contributed by atoms with Gasteiger partial charge in [-0.15, -0.1) is 0 Å². The van der Waals surface area contributed by atoms with Gasteiger partial charge in [-0.1, -0.05) is 0 Å². The first-order chi connectivity index (χ1) is 26.7. The third-order valence-electron chi connectivity index (χ3n) is 9.66. The summed E-state index contributed by atoms with van der Waals surface area (Å²) in [5.74, 6) is -6.21. The molecule has 22 heteroatoms.